The Morgan fingerprint density at radius 2 is 1.94 bits per heavy atom. The summed E-state index contributed by atoms with van der Waals surface area (Å²) in [6.07, 6.45) is 3.02. The van der Waals surface area contributed by atoms with Crippen LogP contribution in [0.3, 0.4) is 0 Å². The first kappa shape index (κ1) is 12.0. The molecule has 0 bridgehead atoms. The van der Waals surface area contributed by atoms with E-state index < -0.39 is 5.97 Å². The number of ether oxygens (including phenoxy) is 1. The van der Waals surface area contributed by atoms with Gasteiger partial charge in [-0.3, -0.25) is 9.78 Å². The van der Waals surface area contributed by atoms with E-state index in [1.165, 1.54) is 19.3 Å². The van der Waals surface area contributed by atoms with Crippen molar-refractivity contribution in [3.8, 4) is 0 Å². The number of rotatable bonds is 4. The van der Waals surface area contributed by atoms with Crippen molar-refractivity contribution in [3.63, 3.8) is 0 Å². The Bertz CT molecular complexity index is 559. The second-order valence-corrected chi connectivity index (χ2v) is 3.63. The summed E-state index contributed by atoms with van der Waals surface area (Å²) >= 11 is 0. The molecule has 0 radical (unpaired) electrons. The van der Waals surface area contributed by atoms with Crippen molar-refractivity contribution < 1.29 is 18.7 Å². The van der Waals surface area contributed by atoms with E-state index in [9.17, 15) is 9.59 Å². The Balaban J connectivity index is 1.95. The van der Waals surface area contributed by atoms with Crippen molar-refractivity contribution in [2.45, 2.75) is 13.5 Å². The number of ketones is 1. The third kappa shape index (κ3) is 2.82. The van der Waals surface area contributed by atoms with Gasteiger partial charge in [0, 0.05) is 19.3 Å². The van der Waals surface area contributed by atoms with Crippen LogP contribution in [-0.4, -0.2) is 16.7 Å². The molecule has 0 atom stereocenters. The molecule has 0 spiro atoms. The smallest absolute Gasteiger partial charge is 0.338 e. The van der Waals surface area contributed by atoms with E-state index in [-0.39, 0.29) is 18.2 Å². The first-order valence-corrected chi connectivity index (χ1v) is 5.33. The zero-order valence-electron chi connectivity index (χ0n) is 9.75. The lowest BCUT2D eigenvalue weighted by Crippen LogP contribution is -2.04. The molecule has 0 saturated heterocycles. The monoisotopic (exact) mass is 245 g/mol. The molecule has 18 heavy (non-hydrogen) atoms. The van der Waals surface area contributed by atoms with Gasteiger partial charge in [-0.2, -0.15) is 0 Å². The van der Waals surface area contributed by atoms with Crippen LogP contribution in [0, 0.1) is 0 Å². The topological polar surface area (TPSA) is 69.4 Å². The van der Waals surface area contributed by atoms with Gasteiger partial charge in [0.2, 0.25) is 0 Å². The molecule has 0 amide bonds. The van der Waals surface area contributed by atoms with E-state index in [2.05, 4.69) is 4.98 Å². The van der Waals surface area contributed by atoms with Crippen molar-refractivity contribution in [1.29, 1.82) is 0 Å². The Labute approximate surface area is 103 Å². The minimum Gasteiger partial charge on any atom is -0.454 e. The molecule has 0 N–H and O–H groups in total. The van der Waals surface area contributed by atoms with Gasteiger partial charge in [-0.25, -0.2) is 4.79 Å². The molecule has 2 heterocycles. The molecule has 5 heteroatoms. The molecule has 92 valence electrons. The van der Waals surface area contributed by atoms with Gasteiger partial charge in [0.1, 0.15) is 12.4 Å². The number of Topliss-reactive ketones (excluding diaryl/α,β-unsaturated/α-hetero) is 1. The van der Waals surface area contributed by atoms with E-state index >= 15 is 0 Å². The third-order valence-electron chi connectivity index (χ3n) is 2.27. The molecular formula is C13H11NO4. The van der Waals surface area contributed by atoms with Crippen molar-refractivity contribution in [2.75, 3.05) is 0 Å². The molecule has 0 aromatic carbocycles. The molecule has 2 aromatic heterocycles. The van der Waals surface area contributed by atoms with Gasteiger partial charge in [0.15, 0.2) is 11.5 Å². The van der Waals surface area contributed by atoms with Crippen molar-refractivity contribution in [2.24, 2.45) is 0 Å². The van der Waals surface area contributed by atoms with Crippen LogP contribution in [0.25, 0.3) is 0 Å². The molecule has 2 aromatic rings. The van der Waals surface area contributed by atoms with Crippen LogP contribution in [0.5, 0.6) is 0 Å². The van der Waals surface area contributed by atoms with E-state index in [1.54, 1.807) is 24.3 Å². The molecule has 0 aliphatic carbocycles. The normalized spacial score (nSPS) is 10.1. The summed E-state index contributed by atoms with van der Waals surface area (Å²) in [4.78, 5) is 26.4. The number of pyridine rings is 1. The summed E-state index contributed by atoms with van der Waals surface area (Å²) < 4.78 is 10.2. The van der Waals surface area contributed by atoms with E-state index in [0.717, 1.165) is 0 Å². The predicted octanol–water partition coefficient (Wildman–Crippen LogP) is 2.23. The van der Waals surface area contributed by atoms with Crippen LogP contribution >= 0.6 is 0 Å². The summed E-state index contributed by atoms with van der Waals surface area (Å²) in [6, 6.07) is 6.28. The number of aromatic nitrogens is 1. The highest BCUT2D eigenvalue weighted by atomic mass is 16.5. The Kier molecular flexibility index (Phi) is 3.52. The molecule has 0 aliphatic heterocycles. The lowest BCUT2D eigenvalue weighted by molar-refractivity contribution is 0.0444. The molecule has 0 aliphatic rings. The standard InChI is InChI=1S/C13H11NO4/c1-9(15)12-3-2-11(18-12)8-17-13(16)10-4-6-14-7-5-10/h2-7H,8H2,1H3. The van der Waals surface area contributed by atoms with Gasteiger partial charge >= 0.3 is 5.97 Å². The Morgan fingerprint density at radius 1 is 1.22 bits per heavy atom. The van der Waals surface area contributed by atoms with Crippen molar-refractivity contribution in [1.82, 2.24) is 4.98 Å². The average Bonchev–Trinajstić information content (AvgIpc) is 2.86. The first-order valence-electron chi connectivity index (χ1n) is 5.33. The molecular weight excluding hydrogens is 234 g/mol. The number of furan rings is 1. The molecule has 2 rings (SSSR count). The predicted molar refractivity (Wildman–Crippen MR) is 62.1 cm³/mol. The van der Waals surface area contributed by atoms with E-state index in [0.29, 0.717) is 11.3 Å². The number of nitrogens with zero attached hydrogens (tertiary/aromatic N) is 1. The average molecular weight is 245 g/mol. The van der Waals surface area contributed by atoms with Gasteiger partial charge < -0.3 is 9.15 Å². The Morgan fingerprint density at radius 3 is 2.56 bits per heavy atom. The summed E-state index contributed by atoms with van der Waals surface area (Å²) in [5.74, 6) is 0.0625. The highest BCUT2D eigenvalue weighted by Gasteiger charge is 2.10. The third-order valence-corrected chi connectivity index (χ3v) is 2.27. The van der Waals surface area contributed by atoms with Gasteiger partial charge in [-0.1, -0.05) is 0 Å². The van der Waals surface area contributed by atoms with Crippen LogP contribution in [-0.2, 0) is 11.3 Å². The zero-order valence-corrected chi connectivity index (χ0v) is 9.75. The fourth-order valence-electron chi connectivity index (χ4n) is 1.35. The minimum absolute atomic E-state index is 0.00552. The molecule has 5 nitrogen and oxygen atoms in total. The van der Waals surface area contributed by atoms with E-state index in [4.69, 9.17) is 9.15 Å². The number of esters is 1. The maximum absolute atomic E-state index is 11.6. The van der Waals surface area contributed by atoms with Crippen molar-refractivity contribution in [3.05, 3.63) is 53.7 Å². The van der Waals surface area contributed by atoms with Crippen molar-refractivity contribution >= 4 is 11.8 Å². The fraction of sp³-hybridized carbons (Fsp3) is 0.154. The second-order valence-electron chi connectivity index (χ2n) is 3.63. The Hall–Kier alpha value is -2.43. The molecule has 0 fully saturated rings. The maximum atomic E-state index is 11.6. The lowest BCUT2D eigenvalue weighted by Gasteiger charge is -2.02. The number of carbonyl (C=O) groups is 2. The van der Waals surface area contributed by atoms with Gasteiger partial charge in [-0.15, -0.1) is 0 Å². The van der Waals surface area contributed by atoms with Crippen LogP contribution in [0.15, 0.2) is 41.1 Å². The molecule has 0 saturated carbocycles. The summed E-state index contributed by atoms with van der Waals surface area (Å²) in [6.45, 7) is 1.40. The number of hydrogen-bond donors (Lipinski definition) is 0. The number of carbonyl (C=O) groups excluding carboxylic acids is 2. The summed E-state index contributed by atoms with van der Waals surface area (Å²) in [5.41, 5.74) is 0.420. The SMILES string of the molecule is CC(=O)c1ccc(COC(=O)c2ccncc2)o1. The molecule has 0 unspecified atom stereocenters. The first-order chi connectivity index (χ1) is 8.66. The van der Waals surface area contributed by atoms with Gasteiger partial charge in [0.25, 0.3) is 0 Å². The largest absolute Gasteiger partial charge is 0.454 e. The second kappa shape index (κ2) is 5.27. The highest BCUT2D eigenvalue weighted by molar-refractivity contribution is 5.91. The van der Waals surface area contributed by atoms with Crippen LogP contribution in [0.2, 0.25) is 0 Å². The van der Waals surface area contributed by atoms with Crippen LogP contribution < -0.4 is 0 Å². The lowest BCUT2D eigenvalue weighted by atomic mass is 10.3. The minimum atomic E-state index is -0.460. The highest BCUT2D eigenvalue weighted by Crippen LogP contribution is 2.11. The van der Waals surface area contributed by atoms with E-state index in [1.807, 2.05) is 0 Å². The number of hydrogen-bond acceptors (Lipinski definition) is 5. The van der Waals surface area contributed by atoms with Crippen LogP contribution in [0.1, 0.15) is 33.6 Å². The zero-order chi connectivity index (χ0) is 13.0. The summed E-state index contributed by atoms with van der Waals surface area (Å²) in [7, 11) is 0. The summed E-state index contributed by atoms with van der Waals surface area (Å²) in [5, 5.41) is 0. The van der Waals surface area contributed by atoms with Crippen LogP contribution in [0.4, 0.5) is 0 Å². The maximum Gasteiger partial charge on any atom is 0.338 e. The van der Waals surface area contributed by atoms with Gasteiger partial charge in [0.05, 0.1) is 5.56 Å². The van der Waals surface area contributed by atoms with Gasteiger partial charge in [-0.05, 0) is 24.3 Å². The fourth-order valence-corrected chi connectivity index (χ4v) is 1.35. The quantitative estimate of drug-likeness (QED) is 0.610.